The van der Waals surface area contributed by atoms with E-state index in [-0.39, 0.29) is 5.69 Å². The molecule has 0 unspecified atom stereocenters. The van der Waals surface area contributed by atoms with Crippen molar-refractivity contribution in [3.8, 4) is 5.69 Å². The summed E-state index contributed by atoms with van der Waals surface area (Å²) < 4.78 is 1.54. The fraction of sp³-hybridized carbons (Fsp3) is 0.200. The monoisotopic (exact) mass is 233 g/mol. The van der Waals surface area contributed by atoms with E-state index >= 15 is 0 Å². The minimum Gasteiger partial charge on any atom is -0.325 e. The number of nitrogens with zero attached hydrogens (tertiary/aromatic N) is 4. The molecule has 2 N–H and O–H groups in total. The van der Waals surface area contributed by atoms with Crippen LogP contribution in [-0.4, -0.2) is 19.9 Å². The molecule has 0 fully saturated rings. The van der Waals surface area contributed by atoms with Crippen LogP contribution in [0.25, 0.3) is 5.69 Å². The Morgan fingerprint density at radius 1 is 1.53 bits per heavy atom. The lowest BCUT2D eigenvalue weighted by Crippen LogP contribution is -2.02. The Kier molecular flexibility index (Phi) is 2.84. The van der Waals surface area contributed by atoms with Crippen molar-refractivity contribution in [3.05, 3.63) is 45.8 Å². The topological polar surface area (TPSA) is 99.9 Å². The molecule has 1 aromatic heterocycles. The summed E-state index contributed by atoms with van der Waals surface area (Å²) in [5.41, 5.74) is 7.58. The summed E-state index contributed by atoms with van der Waals surface area (Å²) in [7, 11) is 0. The minimum atomic E-state index is -0.445. The van der Waals surface area contributed by atoms with E-state index < -0.39 is 4.92 Å². The van der Waals surface area contributed by atoms with Gasteiger partial charge in [-0.15, -0.1) is 5.10 Å². The Morgan fingerprint density at radius 2 is 2.29 bits per heavy atom. The Labute approximate surface area is 97.0 Å². The molecule has 1 aromatic carbocycles. The molecule has 88 valence electrons. The van der Waals surface area contributed by atoms with Crippen LogP contribution in [0.3, 0.4) is 0 Å². The molecule has 2 aromatic rings. The van der Waals surface area contributed by atoms with Gasteiger partial charge in [0.25, 0.3) is 5.69 Å². The quantitative estimate of drug-likeness (QED) is 0.628. The summed E-state index contributed by atoms with van der Waals surface area (Å²) in [6.45, 7) is 2.11. The predicted molar refractivity (Wildman–Crippen MR) is 60.6 cm³/mol. The number of rotatable bonds is 3. The van der Waals surface area contributed by atoms with Gasteiger partial charge in [0.2, 0.25) is 0 Å². The molecule has 0 aliphatic heterocycles. The first-order valence-corrected chi connectivity index (χ1v) is 4.99. The molecule has 1 heterocycles. The maximum absolute atomic E-state index is 10.7. The van der Waals surface area contributed by atoms with Gasteiger partial charge in [0.05, 0.1) is 22.0 Å². The van der Waals surface area contributed by atoms with Crippen LogP contribution in [-0.2, 0) is 6.54 Å². The number of aromatic nitrogens is 3. The minimum absolute atomic E-state index is 0.0201. The average Bonchev–Trinajstić information content (AvgIpc) is 2.70. The predicted octanol–water partition coefficient (Wildman–Crippen LogP) is 0.943. The number of hydrogen-bond donors (Lipinski definition) is 1. The van der Waals surface area contributed by atoms with Crippen LogP contribution in [0.1, 0.15) is 11.4 Å². The summed E-state index contributed by atoms with van der Waals surface area (Å²) in [6, 6.07) is 6.22. The lowest BCUT2D eigenvalue weighted by atomic mass is 10.2. The van der Waals surface area contributed by atoms with Crippen LogP contribution in [0.4, 0.5) is 5.69 Å². The van der Waals surface area contributed by atoms with Gasteiger partial charge in [-0.2, -0.15) is 0 Å². The molecular formula is C10H11N5O2. The average molecular weight is 233 g/mol. The van der Waals surface area contributed by atoms with Gasteiger partial charge in [-0.25, -0.2) is 4.68 Å². The number of nitrogens with two attached hydrogens (primary N) is 1. The molecule has 0 atom stereocenters. The van der Waals surface area contributed by atoms with E-state index in [2.05, 4.69) is 10.3 Å². The zero-order chi connectivity index (χ0) is 12.4. The summed E-state index contributed by atoms with van der Waals surface area (Å²) in [5.74, 6) is 0. The summed E-state index contributed by atoms with van der Waals surface area (Å²) >= 11 is 0. The van der Waals surface area contributed by atoms with Crippen LogP contribution < -0.4 is 5.73 Å². The van der Waals surface area contributed by atoms with Crippen LogP contribution in [0, 0.1) is 17.0 Å². The van der Waals surface area contributed by atoms with E-state index in [4.69, 9.17) is 5.73 Å². The van der Waals surface area contributed by atoms with E-state index in [0.29, 0.717) is 17.9 Å². The lowest BCUT2D eigenvalue weighted by molar-refractivity contribution is -0.384. The molecule has 0 saturated carbocycles. The second-order valence-corrected chi connectivity index (χ2v) is 3.51. The SMILES string of the molecule is Cc1c(CN)nnn1-c1cccc([N+](=O)[O-])c1. The number of benzene rings is 1. The molecule has 17 heavy (non-hydrogen) atoms. The second-order valence-electron chi connectivity index (χ2n) is 3.51. The Morgan fingerprint density at radius 3 is 2.88 bits per heavy atom. The standard InChI is InChI=1S/C10H11N5O2/c1-7-10(6-11)12-13-14(7)8-3-2-4-9(5-8)15(16)17/h2-5H,6,11H2,1H3. The number of nitro groups is 1. The molecule has 0 amide bonds. The van der Waals surface area contributed by atoms with Crippen molar-refractivity contribution < 1.29 is 4.92 Å². The summed E-state index contributed by atoms with van der Waals surface area (Å²) in [4.78, 5) is 10.2. The first-order chi connectivity index (χ1) is 8.13. The van der Waals surface area contributed by atoms with Crippen molar-refractivity contribution >= 4 is 5.69 Å². The summed E-state index contributed by atoms with van der Waals surface area (Å²) in [5, 5.41) is 18.5. The highest BCUT2D eigenvalue weighted by atomic mass is 16.6. The van der Waals surface area contributed by atoms with Crippen molar-refractivity contribution in [1.29, 1.82) is 0 Å². The highest BCUT2D eigenvalue weighted by molar-refractivity contribution is 5.43. The second kappa shape index (κ2) is 4.30. The van der Waals surface area contributed by atoms with Gasteiger partial charge in [-0.05, 0) is 13.0 Å². The van der Waals surface area contributed by atoms with E-state index in [1.807, 2.05) is 6.92 Å². The smallest absolute Gasteiger partial charge is 0.271 e. The molecule has 0 bridgehead atoms. The molecule has 0 saturated heterocycles. The fourth-order valence-electron chi connectivity index (χ4n) is 1.53. The van der Waals surface area contributed by atoms with Crippen molar-refractivity contribution in [2.24, 2.45) is 5.73 Å². The van der Waals surface area contributed by atoms with Crippen LogP contribution in [0.15, 0.2) is 24.3 Å². The third-order valence-electron chi connectivity index (χ3n) is 2.47. The fourth-order valence-corrected chi connectivity index (χ4v) is 1.53. The van der Waals surface area contributed by atoms with Gasteiger partial charge < -0.3 is 5.73 Å². The van der Waals surface area contributed by atoms with Gasteiger partial charge in [0.15, 0.2) is 0 Å². The van der Waals surface area contributed by atoms with Crippen LogP contribution in [0.5, 0.6) is 0 Å². The number of non-ortho nitro benzene ring substituents is 1. The molecule has 0 aliphatic rings. The van der Waals surface area contributed by atoms with Gasteiger partial charge in [0.1, 0.15) is 0 Å². The Balaban J connectivity index is 2.49. The van der Waals surface area contributed by atoms with Crippen molar-refractivity contribution in [2.75, 3.05) is 0 Å². The van der Waals surface area contributed by atoms with Crippen molar-refractivity contribution in [3.63, 3.8) is 0 Å². The summed E-state index contributed by atoms with van der Waals surface area (Å²) in [6.07, 6.45) is 0. The Hall–Kier alpha value is -2.28. The molecule has 2 rings (SSSR count). The lowest BCUT2D eigenvalue weighted by Gasteiger charge is -2.02. The maximum Gasteiger partial charge on any atom is 0.271 e. The first-order valence-electron chi connectivity index (χ1n) is 4.99. The van der Waals surface area contributed by atoms with Gasteiger partial charge in [-0.1, -0.05) is 11.3 Å². The third kappa shape index (κ3) is 2.00. The first kappa shape index (κ1) is 11.2. The van der Waals surface area contributed by atoms with Crippen LogP contribution >= 0.6 is 0 Å². The Bertz CT molecular complexity index is 564. The normalized spacial score (nSPS) is 10.5. The zero-order valence-electron chi connectivity index (χ0n) is 9.20. The third-order valence-corrected chi connectivity index (χ3v) is 2.47. The van der Waals surface area contributed by atoms with E-state index in [1.165, 1.54) is 16.8 Å². The van der Waals surface area contributed by atoms with E-state index in [9.17, 15) is 10.1 Å². The van der Waals surface area contributed by atoms with Crippen molar-refractivity contribution in [1.82, 2.24) is 15.0 Å². The maximum atomic E-state index is 10.7. The highest BCUT2D eigenvalue weighted by Crippen LogP contribution is 2.17. The van der Waals surface area contributed by atoms with Gasteiger partial charge in [-0.3, -0.25) is 10.1 Å². The van der Waals surface area contributed by atoms with E-state index in [0.717, 1.165) is 5.69 Å². The number of hydrogen-bond acceptors (Lipinski definition) is 5. The molecule has 7 nitrogen and oxygen atoms in total. The zero-order valence-corrected chi connectivity index (χ0v) is 9.20. The van der Waals surface area contributed by atoms with Gasteiger partial charge >= 0.3 is 0 Å². The molecular weight excluding hydrogens is 222 g/mol. The molecule has 0 aliphatic carbocycles. The van der Waals surface area contributed by atoms with Crippen LogP contribution in [0.2, 0.25) is 0 Å². The highest BCUT2D eigenvalue weighted by Gasteiger charge is 2.11. The molecule has 0 spiro atoms. The van der Waals surface area contributed by atoms with Gasteiger partial charge in [0, 0.05) is 18.7 Å². The van der Waals surface area contributed by atoms with E-state index in [1.54, 1.807) is 12.1 Å². The largest absolute Gasteiger partial charge is 0.325 e. The molecule has 7 heteroatoms. The molecule has 0 radical (unpaired) electrons. The number of nitro benzene ring substituents is 1. The van der Waals surface area contributed by atoms with Crippen molar-refractivity contribution in [2.45, 2.75) is 13.5 Å².